The number of nitrogens with zero attached hydrogens (tertiary/aromatic N) is 4. The molecule has 1 amide bonds. The number of aromatic nitrogens is 2. The number of fused-ring (bicyclic) bond motifs is 1. The molecule has 1 aromatic heterocycles. The molecule has 0 spiro atoms. The molecule has 31 heavy (non-hydrogen) atoms. The standard InChI is InChI=1S/C21H29FN6O3/c1-12-11-27(16(29)9-13-5-4-6-24-13)7-8-28(12)21-25-18-14(20(23)26-21)10-15(30-2)19(31-3)17(18)22/h10,12-13,24H,4-9,11H2,1-3H3,(H2,23,25,26)/t12-,13-/m0/s1. The number of ether oxygens (including phenoxy) is 2. The molecule has 3 heterocycles. The highest BCUT2D eigenvalue weighted by atomic mass is 19.1. The summed E-state index contributed by atoms with van der Waals surface area (Å²) in [6, 6.07) is 1.82. The third-order valence-corrected chi connectivity index (χ3v) is 6.11. The van der Waals surface area contributed by atoms with E-state index in [-0.39, 0.29) is 40.8 Å². The number of piperazine rings is 1. The summed E-state index contributed by atoms with van der Waals surface area (Å²) in [5.41, 5.74) is 6.23. The maximum atomic E-state index is 15.1. The van der Waals surface area contributed by atoms with Crippen LogP contribution < -0.4 is 25.4 Å². The van der Waals surface area contributed by atoms with Gasteiger partial charge in [-0.05, 0) is 32.4 Å². The topological polar surface area (TPSA) is 106 Å². The van der Waals surface area contributed by atoms with Crippen LogP contribution in [-0.2, 0) is 4.79 Å². The second kappa shape index (κ2) is 8.70. The Bertz CT molecular complexity index is 981. The van der Waals surface area contributed by atoms with E-state index in [1.165, 1.54) is 14.2 Å². The number of carbonyl (C=O) groups excluding carboxylic acids is 1. The predicted octanol–water partition coefficient (Wildman–Crippen LogP) is 1.55. The summed E-state index contributed by atoms with van der Waals surface area (Å²) >= 11 is 0. The summed E-state index contributed by atoms with van der Waals surface area (Å²) in [6.45, 7) is 4.65. The molecule has 3 N–H and O–H groups in total. The molecule has 10 heteroatoms. The Morgan fingerprint density at radius 2 is 2.13 bits per heavy atom. The van der Waals surface area contributed by atoms with Crippen molar-refractivity contribution in [2.45, 2.75) is 38.3 Å². The molecule has 2 saturated heterocycles. The number of amides is 1. The Morgan fingerprint density at radius 1 is 1.32 bits per heavy atom. The van der Waals surface area contributed by atoms with Gasteiger partial charge in [-0.1, -0.05) is 0 Å². The van der Waals surface area contributed by atoms with Gasteiger partial charge in [0.05, 0.1) is 14.2 Å². The maximum Gasteiger partial charge on any atom is 0.228 e. The van der Waals surface area contributed by atoms with Gasteiger partial charge in [-0.3, -0.25) is 4.79 Å². The van der Waals surface area contributed by atoms with Crippen LogP contribution in [0.3, 0.4) is 0 Å². The quantitative estimate of drug-likeness (QED) is 0.733. The van der Waals surface area contributed by atoms with Crippen LogP contribution in [0.15, 0.2) is 6.07 Å². The van der Waals surface area contributed by atoms with Crippen LogP contribution in [0.2, 0.25) is 0 Å². The minimum Gasteiger partial charge on any atom is -0.493 e. The van der Waals surface area contributed by atoms with Gasteiger partial charge in [0, 0.05) is 43.5 Å². The lowest BCUT2D eigenvalue weighted by Gasteiger charge is -2.40. The van der Waals surface area contributed by atoms with Crippen molar-refractivity contribution in [2.75, 3.05) is 51.0 Å². The zero-order chi connectivity index (χ0) is 22.1. The predicted molar refractivity (Wildman–Crippen MR) is 116 cm³/mol. The van der Waals surface area contributed by atoms with Gasteiger partial charge in [0.1, 0.15) is 11.3 Å². The SMILES string of the molecule is COc1cc2c(N)nc(N3CCN(C(=O)C[C@@H]4CCCN4)C[C@@H]3C)nc2c(F)c1OC. The van der Waals surface area contributed by atoms with Crippen molar-refractivity contribution in [3.63, 3.8) is 0 Å². The van der Waals surface area contributed by atoms with Crippen molar-refractivity contribution < 1.29 is 18.7 Å². The number of carbonyl (C=O) groups is 1. The Balaban J connectivity index is 1.56. The van der Waals surface area contributed by atoms with Crippen molar-refractivity contribution >= 4 is 28.6 Å². The molecular weight excluding hydrogens is 403 g/mol. The molecule has 2 aromatic rings. The smallest absolute Gasteiger partial charge is 0.228 e. The minimum atomic E-state index is -0.641. The van der Waals surface area contributed by atoms with E-state index in [2.05, 4.69) is 15.3 Å². The summed E-state index contributed by atoms with van der Waals surface area (Å²) in [5.74, 6) is 0.229. The molecule has 0 radical (unpaired) electrons. The normalized spacial score (nSPS) is 21.5. The number of anilines is 2. The Morgan fingerprint density at radius 3 is 2.77 bits per heavy atom. The number of rotatable bonds is 5. The fraction of sp³-hybridized carbons (Fsp3) is 0.571. The van der Waals surface area contributed by atoms with Crippen molar-refractivity contribution in [1.29, 1.82) is 0 Å². The number of hydrogen-bond donors (Lipinski definition) is 2. The molecule has 2 atom stereocenters. The molecule has 0 bridgehead atoms. The fourth-order valence-electron chi connectivity index (χ4n) is 4.42. The second-order valence-corrected chi connectivity index (χ2v) is 8.11. The molecule has 2 aliphatic rings. The van der Waals surface area contributed by atoms with Crippen molar-refractivity contribution in [3.8, 4) is 11.5 Å². The van der Waals surface area contributed by atoms with E-state index in [4.69, 9.17) is 15.2 Å². The van der Waals surface area contributed by atoms with Crippen LogP contribution in [0, 0.1) is 5.82 Å². The number of nitrogens with two attached hydrogens (primary N) is 1. The summed E-state index contributed by atoms with van der Waals surface area (Å²) < 4.78 is 25.4. The lowest BCUT2D eigenvalue weighted by atomic mass is 10.1. The van der Waals surface area contributed by atoms with Gasteiger partial charge in [0.25, 0.3) is 0 Å². The number of hydrogen-bond acceptors (Lipinski definition) is 8. The highest BCUT2D eigenvalue weighted by Crippen LogP contribution is 2.37. The molecule has 2 fully saturated rings. The third kappa shape index (κ3) is 4.04. The van der Waals surface area contributed by atoms with Crippen LogP contribution in [0.4, 0.5) is 16.2 Å². The first-order chi connectivity index (χ1) is 14.9. The van der Waals surface area contributed by atoms with E-state index in [0.717, 1.165) is 19.4 Å². The molecular formula is C21H29FN6O3. The number of methoxy groups -OCH3 is 2. The molecule has 0 unspecified atom stereocenters. The van der Waals surface area contributed by atoms with Crippen LogP contribution in [-0.4, -0.2) is 73.3 Å². The average molecular weight is 433 g/mol. The number of nitrogen functional groups attached to an aromatic ring is 1. The van der Waals surface area contributed by atoms with Gasteiger partial charge >= 0.3 is 0 Å². The van der Waals surface area contributed by atoms with Crippen molar-refractivity contribution in [3.05, 3.63) is 11.9 Å². The van der Waals surface area contributed by atoms with E-state index in [1.54, 1.807) is 6.07 Å². The number of halogens is 1. The first kappa shape index (κ1) is 21.4. The molecule has 168 valence electrons. The second-order valence-electron chi connectivity index (χ2n) is 8.11. The molecule has 9 nitrogen and oxygen atoms in total. The molecule has 0 saturated carbocycles. The Kier molecular flexibility index (Phi) is 5.99. The van der Waals surface area contributed by atoms with Crippen LogP contribution >= 0.6 is 0 Å². The van der Waals surface area contributed by atoms with E-state index < -0.39 is 5.82 Å². The third-order valence-electron chi connectivity index (χ3n) is 6.11. The average Bonchev–Trinajstić information content (AvgIpc) is 3.26. The Hall–Kier alpha value is -2.88. The summed E-state index contributed by atoms with van der Waals surface area (Å²) in [7, 11) is 2.80. The zero-order valence-electron chi connectivity index (χ0n) is 18.2. The maximum absolute atomic E-state index is 15.1. The van der Waals surface area contributed by atoms with E-state index in [0.29, 0.717) is 37.4 Å². The van der Waals surface area contributed by atoms with Gasteiger partial charge in [-0.2, -0.15) is 4.98 Å². The number of benzene rings is 1. The highest BCUT2D eigenvalue weighted by Gasteiger charge is 2.31. The Labute approximate surface area is 180 Å². The molecule has 4 rings (SSSR count). The fourth-order valence-corrected chi connectivity index (χ4v) is 4.42. The molecule has 0 aliphatic carbocycles. The van der Waals surface area contributed by atoms with Crippen LogP contribution in [0.1, 0.15) is 26.2 Å². The van der Waals surface area contributed by atoms with Gasteiger partial charge in [0.15, 0.2) is 17.3 Å². The van der Waals surface area contributed by atoms with E-state index >= 15 is 4.39 Å². The van der Waals surface area contributed by atoms with Gasteiger partial charge in [0.2, 0.25) is 11.9 Å². The van der Waals surface area contributed by atoms with Crippen molar-refractivity contribution in [2.24, 2.45) is 0 Å². The van der Waals surface area contributed by atoms with Gasteiger partial charge in [-0.15, -0.1) is 0 Å². The zero-order valence-corrected chi connectivity index (χ0v) is 18.2. The molecule has 2 aliphatic heterocycles. The first-order valence-electron chi connectivity index (χ1n) is 10.6. The lowest BCUT2D eigenvalue weighted by molar-refractivity contribution is -0.132. The summed E-state index contributed by atoms with van der Waals surface area (Å²) in [4.78, 5) is 25.4. The largest absolute Gasteiger partial charge is 0.493 e. The number of nitrogens with one attached hydrogen (secondary N) is 1. The van der Waals surface area contributed by atoms with Crippen LogP contribution in [0.5, 0.6) is 11.5 Å². The van der Waals surface area contributed by atoms with Crippen molar-refractivity contribution in [1.82, 2.24) is 20.2 Å². The van der Waals surface area contributed by atoms with E-state index in [1.807, 2.05) is 16.7 Å². The summed E-state index contributed by atoms with van der Waals surface area (Å²) in [5, 5.41) is 3.74. The summed E-state index contributed by atoms with van der Waals surface area (Å²) in [6.07, 6.45) is 2.69. The van der Waals surface area contributed by atoms with Crippen LogP contribution in [0.25, 0.3) is 10.9 Å². The lowest BCUT2D eigenvalue weighted by Crippen LogP contribution is -2.54. The first-order valence-corrected chi connectivity index (χ1v) is 10.6. The van der Waals surface area contributed by atoms with Gasteiger partial charge in [-0.25, -0.2) is 9.37 Å². The van der Waals surface area contributed by atoms with E-state index in [9.17, 15) is 4.79 Å². The monoisotopic (exact) mass is 432 g/mol. The minimum absolute atomic E-state index is 0.0250. The van der Waals surface area contributed by atoms with Gasteiger partial charge < -0.3 is 30.3 Å². The highest BCUT2D eigenvalue weighted by molar-refractivity contribution is 5.92. The molecule has 1 aromatic carbocycles.